The maximum Gasteiger partial charge on any atom is 0.131 e. The molecule has 0 radical (unpaired) electrons. The molecular formula is C12H20ClN3O. The van der Waals surface area contributed by atoms with Crippen LogP contribution >= 0.6 is 11.6 Å². The lowest BCUT2D eigenvalue weighted by Gasteiger charge is -2.33. The third-order valence-electron chi connectivity index (χ3n) is 3.46. The Morgan fingerprint density at radius 3 is 2.94 bits per heavy atom. The number of anilines is 1. The number of halogens is 1. The van der Waals surface area contributed by atoms with Crippen LogP contribution in [0.1, 0.15) is 24.1 Å². The summed E-state index contributed by atoms with van der Waals surface area (Å²) in [5.74, 6) is 1.67. The number of hydrogen-bond donors (Lipinski definition) is 0. The Balaban J connectivity index is 2.26. The van der Waals surface area contributed by atoms with Crippen LogP contribution in [0.15, 0.2) is 0 Å². The summed E-state index contributed by atoms with van der Waals surface area (Å²) in [6.45, 7) is 4.00. The fourth-order valence-corrected chi connectivity index (χ4v) is 2.88. The molecule has 1 aliphatic heterocycles. The molecule has 2 rings (SSSR count). The van der Waals surface area contributed by atoms with Gasteiger partial charge < -0.3 is 9.64 Å². The molecule has 0 aliphatic carbocycles. The lowest BCUT2D eigenvalue weighted by Crippen LogP contribution is -2.40. The summed E-state index contributed by atoms with van der Waals surface area (Å²) in [6, 6.07) is 0. The lowest BCUT2D eigenvalue weighted by molar-refractivity contribution is 0.0889. The quantitative estimate of drug-likeness (QED) is 0.777. The Bertz CT molecular complexity index is 391. The molecule has 1 saturated heterocycles. The molecule has 0 spiro atoms. The molecule has 5 heteroatoms. The summed E-state index contributed by atoms with van der Waals surface area (Å²) in [6.07, 6.45) is 2.62. The Labute approximate surface area is 107 Å². The number of alkyl halides is 1. The van der Waals surface area contributed by atoms with Crippen molar-refractivity contribution in [1.29, 1.82) is 0 Å². The molecule has 0 saturated carbocycles. The molecule has 1 aliphatic rings. The van der Waals surface area contributed by atoms with Crippen LogP contribution in [0.2, 0.25) is 0 Å². The number of hydrogen-bond acceptors (Lipinski definition) is 3. The monoisotopic (exact) mass is 257 g/mol. The fraction of sp³-hybridized carbons (Fsp3) is 0.750. The molecule has 2 heterocycles. The zero-order valence-electron chi connectivity index (χ0n) is 10.7. The molecule has 1 fully saturated rings. The van der Waals surface area contributed by atoms with E-state index in [-0.39, 0.29) is 0 Å². The first-order valence-electron chi connectivity index (χ1n) is 6.03. The van der Waals surface area contributed by atoms with E-state index in [1.807, 2.05) is 18.7 Å². The van der Waals surface area contributed by atoms with Crippen molar-refractivity contribution < 1.29 is 4.74 Å². The van der Waals surface area contributed by atoms with E-state index in [2.05, 4.69) is 10.00 Å². The van der Waals surface area contributed by atoms with Gasteiger partial charge in [0.1, 0.15) is 5.82 Å². The Morgan fingerprint density at radius 1 is 1.53 bits per heavy atom. The van der Waals surface area contributed by atoms with Crippen LogP contribution in [0.3, 0.4) is 0 Å². The van der Waals surface area contributed by atoms with E-state index in [1.165, 1.54) is 0 Å². The summed E-state index contributed by atoms with van der Waals surface area (Å²) in [5.41, 5.74) is 2.17. The molecule has 0 amide bonds. The second-order valence-corrected chi connectivity index (χ2v) is 4.86. The zero-order chi connectivity index (χ0) is 12.4. The van der Waals surface area contributed by atoms with Crippen molar-refractivity contribution in [3.8, 4) is 0 Å². The number of rotatable bonds is 3. The van der Waals surface area contributed by atoms with Crippen LogP contribution in [0, 0.1) is 6.92 Å². The van der Waals surface area contributed by atoms with Crippen LogP contribution in [-0.2, 0) is 17.7 Å². The Morgan fingerprint density at radius 2 is 2.29 bits per heavy atom. The number of aryl methyl sites for hydroxylation is 2. The van der Waals surface area contributed by atoms with E-state index in [0.29, 0.717) is 12.0 Å². The third-order valence-corrected chi connectivity index (χ3v) is 3.73. The van der Waals surface area contributed by atoms with Gasteiger partial charge in [-0.3, -0.25) is 4.68 Å². The second-order valence-electron chi connectivity index (χ2n) is 4.59. The van der Waals surface area contributed by atoms with Crippen LogP contribution in [0.5, 0.6) is 0 Å². The first kappa shape index (κ1) is 12.7. The van der Waals surface area contributed by atoms with Gasteiger partial charge in [-0.05, 0) is 19.8 Å². The first-order chi connectivity index (χ1) is 8.17. The van der Waals surface area contributed by atoms with Gasteiger partial charge in [-0.15, -0.1) is 11.6 Å². The summed E-state index contributed by atoms with van der Waals surface area (Å²) in [5, 5.41) is 4.46. The Kier molecular flexibility index (Phi) is 3.94. The zero-order valence-corrected chi connectivity index (χ0v) is 11.5. The van der Waals surface area contributed by atoms with Gasteiger partial charge in [0.25, 0.3) is 0 Å². The maximum absolute atomic E-state index is 6.03. The Hall–Kier alpha value is -0.740. The van der Waals surface area contributed by atoms with Crippen LogP contribution in [-0.4, -0.2) is 36.1 Å². The second kappa shape index (κ2) is 5.27. The van der Waals surface area contributed by atoms with E-state index >= 15 is 0 Å². The summed E-state index contributed by atoms with van der Waals surface area (Å²) in [4.78, 5) is 2.34. The van der Waals surface area contributed by atoms with Gasteiger partial charge in [0.15, 0.2) is 0 Å². The molecule has 0 bridgehead atoms. The third kappa shape index (κ3) is 2.43. The molecule has 1 aromatic heterocycles. The molecule has 96 valence electrons. The molecule has 0 N–H and O–H groups in total. The van der Waals surface area contributed by atoms with Crippen molar-refractivity contribution in [1.82, 2.24) is 9.78 Å². The topological polar surface area (TPSA) is 30.3 Å². The van der Waals surface area contributed by atoms with E-state index in [1.54, 1.807) is 7.11 Å². The number of ether oxygens (including phenoxy) is 1. The van der Waals surface area contributed by atoms with Gasteiger partial charge in [0.05, 0.1) is 17.7 Å². The summed E-state index contributed by atoms with van der Waals surface area (Å²) in [7, 11) is 3.76. The predicted octanol–water partition coefficient (Wildman–Crippen LogP) is 2.08. The van der Waals surface area contributed by atoms with Crippen molar-refractivity contribution in [3.63, 3.8) is 0 Å². The number of aromatic nitrogens is 2. The van der Waals surface area contributed by atoms with Gasteiger partial charge in [0, 0.05) is 32.8 Å². The van der Waals surface area contributed by atoms with E-state index in [0.717, 1.165) is 43.0 Å². The number of nitrogens with zero attached hydrogens (tertiary/aromatic N) is 3. The normalized spacial score (nSPS) is 20.9. The molecule has 1 unspecified atom stereocenters. The molecule has 1 aromatic rings. The predicted molar refractivity (Wildman–Crippen MR) is 69.7 cm³/mol. The number of methoxy groups -OCH3 is 1. The SMILES string of the molecule is COC1CCCN(c2c(CCl)c(C)nn2C)C1. The summed E-state index contributed by atoms with van der Waals surface area (Å²) < 4.78 is 7.39. The summed E-state index contributed by atoms with van der Waals surface area (Å²) >= 11 is 6.03. The smallest absolute Gasteiger partial charge is 0.131 e. The molecule has 0 aromatic carbocycles. The van der Waals surface area contributed by atoms with Crippen LogP contribution in [0.4, 0.5) is 5.82 Å². The highest BCUT2D eigenvalue weighted by Gasteiger charge is 2.24. The van der Waals surface area contributed by atoms with Crippen LogP contribution < -0.4 is 4.90 Å². The van der Waals surface area contributed by atoms with Crippen molar-refractivity contribution >= 4 is 17.4 Å². The highest BCUT2D eigenvalue weighted by atomic mass is 35.5. The number of piperidine rings is 1. The van der Waals surface area contributed by atoms with Crippen molar-refractivity contribution in [2.45, 2.75) is 31.7 Å². The van der Waals surface area contributed by atoms with Gasteiger partial charge >= 0.3 is 0 Å². The maximum atomic E-state index is 6.03. The highest BCUT2D eigenvalue weighted by molar-refractivity contribution is 6.17. The minimum Gasteiger partial charge on any atom is -0.380 e. The van der Waals surface area contributed by atoms with Crippen LogP contribution in [0.25, 0.3) is 0 Å². The lowest BCUT2D eigenvalue weighted by atomic mass is 10.1. The minimum atomic E-state index is 0.321. The fourth-order valence-electron chi connectivity index (χ4n) is 2.56. The van der Waals surface area contributed by atoms with E-state index in [9.17, 15) is 0 Å². The van der Waals surface area contributed by atoms with Crippen molar-refractivity contribution in [2.75, 3.05) is 25.1 Å². The standard InChI is InChI=1S/C12H20ClN3O/c1-9-11(7-13)12(15(2)14-9)16-6-4-5-10(8-16)17-3/h10H,4-8H2,1-3H3. The van der Waals surface area contributed by atoms with E-state index < -0.39 is 0 Å². The average molecular weight is 258 g/mol. The molecule has 1 atom stereocenters. The van der Waals surface area contributed by atoms with Gasteiger partial charge in [-0.2, -0.15) is 5.10 Å². The van der Waals surface area contributed by atoms with Crippen molar-refractivity contribution in [2.24, 2.45) is 7.05 Å². The molecule has 4 nitrogen and oxygen atoms in total. The largest absolute Gasteiger partial charge is 0.380 e. The van der Waals surface area contributed by atoms with Gasteiger partial charge in [-0.1, -0.05) is 0 Å². The average Bonchev–Trinajstić information content (AvgIpc) is 2.63. The van der Waals surface area contributed by atoms with E-state index in [4.69, 9.17) is 16.3 Å². The first-order valence-corrected chi connectivity index (χ1v) is 6.57. The molecule has 17 heavy (non-hydrogen) atoms. The van der Waals surface area contributed by atoms with Gasteiger partial charge in [0.2, 0.25) is 0 Å². The minimum absolute atomic E-state index is 0.321. The van der Waals surface area contributed by atoms with Crippen molar-refractivity contribution in [3.05, 3.63) is 11.3 Å². The highest BCUT2D eigenvalue weighted by Crippen LogP contribution is 2.27. The van der Waals surface area contributed by atoms with Gasteiger partial charge in [-0.25, -0.2) is 0 Å². The molecular weight excluding hydrogens is 238 g/mol.